The summed E-state index contributed by atoms with van der Waals surface area (Å²) in [5.41, 5.74) is 2.51. The molecule has 0 aliphatic carbocycles. The van der Waals surface area contributed by atoms with Crippen LogP contribution in [0, 0.1) is 0 Å². The molecule has 7 nitrogen and oxygen atoms in total. The van der Waals surface area contributed by atoms with Gasteiger partial charge in [0.25, 0.3) is 5.91 Å². The Kier molecular flexibility index (Phi) is 9.51. The van der Waals surface area contributed by atoms with E-state index in [9.17, 15) is 4.79 Å². The van der Waals surface area contributed by atoms with Crippen molar-refractivity contribution in [1.82, 2.24) is 10.6 Å². The second-order valence-corrected chi connectivity index (χ2v) is 6.33. The summed E-state index contributed by atoms with van der Waals surface area (Å²) in [7, 11) is 3.39. The molecule has 0 spiro atoms. The molecule has 0 aliphatic heterocycles. The van der Waals surface area contributed by atoms with Gasteiger partial charge in [0, 0.05) is 57.6 Å². The standard InChI is InChI=1S/C22H30N4O3/c1-4-24-21(27)18-9-5-8-17(14-18)16-25-22(23-2)26-19-10-6-11-20(15-19)29-13-7-12-28-3/h5-6,8-11,14-15H,4,7,12-13,16H2,1-3H3,(H,24,27)(H2,23,25,26). The first kappa shape index (κ1) is 22.2. The van der Waals surface area contributed by atoms with E-state index in [1.807, 2.05) is 49.4 Å². The average Bonchev–Trinajstić information content (AvgIpc) is 2.75. The molecule has 0 unspecified atom stereocenters. The molecule has 2 rings (SSSR count). The molecule has 2 aromatic rings. The molecule has 0 heterocycles. The molecule has 3 N–H and O–H groups in total. The zero-order valence-electron chi connectivity index (χ0n) is 17.3. The number of rotatable bonds is 10. The number of benzene rings is 2. The van der Waals surface area contributed by atoms with Crippen molar-refractivity contribution in [2.45, 2.75) is 19.9 Å². The molecule has 0 aromatic heterocycles. The van der Waals surface area contributed by atoms with Crippen molar-refractivity contribution < 1.29 is 14.3 Å². The van der Waals surface area contributed by atoms with E-state index in [1.54, 1.807) is 20.2 Å². The van der Waals surface area contributed by atoms with Crippen LogP contribution in [0.3, 0.4) is 0 Å². The smallest absolute Gasteiger partial charge is 0.251 e. The van der Waals surface area contributed by atoms with Crippen molar-refractivity contribution in [2.24, 2.45) is 4.99 Å². The largest absolute Gasteiger partial charge is 0.493 e. The minimum Gasteiger partial charge on any atom is -0.493 e. The van der Waals surface area contributed by atoms with Gasteiger partial charge in [-0.2, -0.15) is 0 Å². The van der Waals surface area contributed by atoms with Gasteiger partial charge in [-0.3, -0.25) is 9.79 Å². The zero-order chi connectivity index (χ0) is 20.9. The van der Waals surface area contributed by atoms with Crippen LogP contribution in [0.4, 0.5) is 5.69 Å². The number of hydrogen-bond acceptors (Lipinski definition) is 4. The summed E-state index contributed by atoms with van der Waals surface area (Å²) < 4.78 is 10.8. The summed E-state index contributed by atoms with van der Waals surface area (Å²) >= 11 is 0. The third-order valence-corrected chi connectivity index (χ3v) is 4.07. The molecule has 0 aliphatic rings. The highest BCUT2D eigenvalue weighted by molar-refractivity contribution is 5.95. The summed E-state index contributed by atoms with van der Waals surface area (Å²) in [5, 5.41) is 9.33. The van der Waals surface area contributed by atoms with Crippen molar-refractivity contribution in [3.63, 3.8) is 0 Å². The van der Waals surface area contributed by atoms with Gasteiger partial charge in [0.2, 0.25) is 0 Å². The minimum atomic E-state index is -0.0702. The maximum absolute atomic E-state index is 12.0. The van der Waals surface area contributed by atoms with Gasteiger partial charge >= 0.3 is 0 Å². The van der Waals surface area contributed by atoms with E-state index in [0.717, 1.165) is 23.4 Å². The fourth-order valence-corrected chi connectivity index (χ4v) is 2.64. The summed E-state index contributed by atoms with van der Waals surface area (Å²) in [5.74, 6) is 1.35. The molecular weight excluding hydrogens is 368 g/mol. The molecular formula is C22H30N4O3. The van der Waals surface area contributed by atoms with E-state index in [1.165, 1.54) is 0 Å². The molecule has 7 heteroatoms. The average molecular weight is 399 g/mol. The lowest BCUT2D eigenvalue weighted by Gasteiger charge is -2.14. The SMILES string of the molecule is CCNC(=O)c1cccc(CNC(=NC)Nc2cccc(OCCCOC)c2)c1. The van der Waals surface area contributed by atoms with Crippen LogP contribution in [0.2, 0.25) is 0 Å². The predicted molar refractivity (Wildman–Crippen MR) is 117 cm³/mol. The topological polar surface area (TPSA) is 84.0 Å². The third-order valence-electron chi connectivity index (χ3n) is 4.07. The van der Waals surface area contributed by atoms with Crippen molar-refractivity contribution in [3.05, 3.63) is 59.7 Å². The number of nitrogens with one attached hydrogen (secondary N) is 3. The van der Waals surface area contributed by atoms with Crippen LogP contribution in [0.1, 0.15) is 29.3 Å². The highest BCUT2D eigenvalue weighted by Crippen LogP contribution is 2.17. The van der Waals surface area contributed by atoms with Gasteiger partial charge in [-0.25, -0.2) is 0 Å². The number of anilines is 1. The molecule has 0 atom stereocenters. The Labute approximate surface area is 172 Å². The predicted octanol–water partition coefficient (Wildman–Crippen LogP) is 3.04. The van der Waals surface area contributed by atoms with E-state index in [4.69, 9.17) is 9.47 Å². The Hall–Kier alpha value is -3.06. The molecule has 0 saturated heterocycles. The van der Waals surface area contributed by atoms with Crippen molar-refractivity contribution in [3.8, 4) is 5.75 Å². The van der Waals surface area contributed by atoms with E-state index >= 15 is 0 Å². The number of nitrogens with zero attached hydrogens (tertiary/aromatic N) is 1. The van der Waals surface area contributed by atoms with Crippen LogP contribution in [-0.2, 0) is 11.3 Å². The first-order valence-electron chi connectivity index (χ1n) is 9.73. The fraction of sp³-hybridized carbons (Fsp3) is 0.364. The lowest BCUT2D eigenvalue weighted by molar-refractivity contribution is 0.0955. The quantitative estimate of drug-likeness (QED) is 0.325. The van der Waals surface area contributed by atoms with Gasteiger partial charge in [0.15, 0.2) is 5.96 Å². The molecule has 29 heavy (non-hydrogen) atoms. The number of carbonyl (C=O) groups is 1. The third kappa shape index (κ3) is 7.83. The van der Waals surface area contributed by atoms with E-state index in [0.29, 0.717) is 37.8 Å². The number of carbonyl (C=O) groups excluding carboxylic acids is 1. The molecule has 0 fully saturated rings. The van der Waals surface area contributed by atoms with Gasteiger partial charge in [-0.05, 0) is 36.8 Å². The number of methoxy groups -OCH3 is 1. The monoisotopic (exact) mass is 398 g/mol. The Balaban J connectivity index is 1.91. The Morgan fingerprint density at radius 3 is 2.66 bits per heavy atom. The lowest BCUT2D eigenvalue weighted by atomic mass is 10.1. The maximum atomic E-state index is 12.0. The van der Waals surface area contributed by atoms with Crippen LogP contribution >= 0.6 is 0 Å². The molecule has 156 valence electrons. The lowest BCUT2D eigenvalue weighted by Crippen LogP contribution is -2.30. The Morgan fingerprint density at radius 1 is 1.07 bits per heavy atom. The van der Waals surface area contributed by atoms with Crippen LogP contribution in [-0.4, -0.2) is 45.8 Å². The molecule has 0 saturated carbocycles. The number of ether oxygens (including phenoxy) is 2. The number of hydrogen-bond donors (Lipinski definition) is 3. The Morgan fingerprint density at radius 2 is 1.90 bits per heavy atom. The number of amides is 1. The van der Waals surface area contributed by atoms with Crippen LogP contribution in [0.15, 0.2) is 53.5 Å². The van der Waals surface area contributed by atoms with Gasteiger partial charge in [0.1, 0.15) is 5.75 Å². The minimum absolute atomic E-state index is 0.0702. The summed E-state index contributed by atoms with van der Waals surface area (Å²) in [6, 6.07) is 15.2. The van der Waals surface area contributed by atoms with Crippen molar-refractivity contribution in [2.75, 3.05) is 39.2 Å². The van der Waals surface area contributed by atoms with E-state index in [2.05, 4.69) is 20.9 Å². The van der Waals surface area contributed by atoms with Gasteiger partial charge in [-0.1, -0.05) is 18.2 Å². The fourth-order valence-electron chi connectivity index (χ4n) is 2.64. The summed E-state index contributed by atoms with van der Waals surface area (Å²) in [6.45, 7) is 4.33. The number of guanidine groups is 1. The Bertz CT molecular complexity index is 808. The maximum Gasteiger partial charge on any atom is 0.251 e. The van der Waals surface area contributed by atoms with Gasteiger partial charge in [0.05, 0.1) is 6.61 Å². The highest BCUT2D eigenvalue weighted by Gasteiger charge is 2.06. The van der Waals surface area contributed by atoms with Crippen molar-refractivity contribution in [1.29, 1.82) is 0 Å². The summed E-state index contributed by atoms with van der Waals surface area (Å²) in [6.07, 6.45) is 0.840. The van der Waals surface area contributed by atoms with E-state index < -0.39 is 0 Å². The summed E-state index contributed by atoms with van der Waals surface area (Å²) in [4.78, 5) is 16.2. The molecule has 2 aromatic carbocycles. The second-order valence-electron chi connectivity index (χ2n) is 6.33. The number of aliphatic imine (C=N–C) groups is 1. The van der Waals surface area contributed by atoms with Crippen molar-refractivity contribution >= 4 is 17.6 Å². The molecule has 0 bridgehead atoms. The van der Waals surface area contributed by atoms with Crippen LogP contribution in [0.25, 0.3) is 0 Å². The van der Waals surface area contributed by atoms with Gasteiger partial charge in [-0.15, -0.1) is 0 Å². The van der Waals surface area contributed by atoms with Gasteiger partial charge < -0.3 is 25.4 Å². The second kappa shape index (κ2) is 12.4. The zero-order valence-corrected chi connectivity index (χ0v) is 17.3. The first-order chi connectivity index (χ1) is 14.2. The van der Waals surface area contributed by atoms with Crippen LogP contribution < -0.4 is 20.7 Å². The van der Waals surface area contributed by atoms with E-state index in [-0.39, 0.29) is 5.91 Å². The molecule has 0 radical (unpaired) electrons. The highest BCUT2D eigenvalue weighted by atomic mass is 16.5. The molecule has 1 amide bonds. The first-order valence-corrected chi connectivity index (χ1v) is 9.73. The van der Waals surface area contributed by atoms with Crippen LogP contribution in [0.5, 0.6) is 5.75 Å². The normalized spacial score (nSPS) is 11.1.